The SMILES string of the molecule is COc1ccc(C(O[Si](C)(C)C)C(=O)c2ccccc2)cc1. The highest BCUT2D eigenvalue weighted by Crippen LogP contribution is 2.27. The third kappa shape index (κ3) is 4.29. The first kappa shape index (κ1) is 16.5. The Morgan fingerprint density at radius 3 is 2.05 bits per heavy atom. The summed E-state index contributed by atoms with van der Waals surface area (Å²) in [5, 5.41) is 0. The molecule has 0 aromatic heterocycles. The zero-order valence-corrected chi connectivity index (χ0v) is 14.5. The van der Waals surface area contributed by atoms with Crippen LogP contribution in [-0.4, -0.2) is 21.2 Å². The topological polar surface area (TPSA) is 35.5 Å². The molecular formula is C18H22O3Si. The van der Waals surface area contributed by atoms with E-state index in [1.54, 1.807) is 7.11 Å². The number of hydrogen-bond acceptors (Lipinski definition) is 3. The zero-order chi connectivity index (χ0) is 16.2. The molecule has 3 nitrogen and oxygen atoms in total. The van der Waals surface area contributed by atoms with Gasteiger partial charge in [-0.25, -0.2) is 0 Å². The number of ketones is 1. The predicted molar refractivity (Wildman–Crippen MR) is 90.9 cm³/mol. The van der Waals surface area contributed by atoms with E-state index in [1.807, 2.05) is 54.6 Å². The summed E-state index contributed by atoms with van der Waals surface area (Å²) in [6, 6.07) is 16.8. The molecular weight excluding hydrogens is 292 g/mol. The maximum atomic E-state index is 12.8. The van der Waals surface area contributed by atoms with Crippen LogP contribution in [-0.2, 0) is 4.43 Å². The molecule has 0 aliphatic heterocycles. The molecule has 0 spiro atoms. The van der Waals surface area contributed by atoms with Crippen molar-refractivity contribution in [2.45, 2.75) is 25.7 Å². The Morgan fingerprint density at radius 1 is 0.955 bits per heavy atom. The molecule has 0 bridgehead atoms. The van der Waals surface area contributed by atoms with Crippen LogP contribution < -0.4 is 4.74 Å². The Kier molecular flexibility index (Phi) is 5.16. The minimum Gasteiger partial charge on any atom is -0.497 e. The molecule has 0 aliphatic carbocycles. The average Bonchev–Trinajstić information content (AvgIpc) is 2.52. The first-order valence-electron chi connectivity index (χ1n) is 7.32. The van der Waals surface area contributed by atoms with Crippen molar-refractivity contribution in [3.63, 3.8) is 0 Å². The van der Waals surface area contributed by atoms with Gasteiger partial charge in [0.1, 0.15) is 11.9 Å². The van der Waals surface area contributed by atoms with Crippen molar-refractivity contribution in [1.82, 2.24) is 0 Å². The first-order chi connectivity index (χ1) is 10.4. The molecule has 0 fully saturated rings. The number of benzene rings is 2. The third-order valence-electron chi connectivity index (χ3n) is 3.19. The fourth-order valence-electron chi connectivity index (χ4n) is 2.16. The van der Waals surface area contributed by atoms with Crippen molar-refractivity contribution < 1.29 is 14.0 Å². The van der Waals surface area contributed by atoms with Crippen LogP contribution in [0.5, 0.6) is 5.75 Å². The van der Waals surface area contributed by atoms with Gasteiger partial charge in [0.2, 0.25) is 0 Å². The van der Waals surface area contributed by atoms with Crippen molar-refractivity contribution in [3.05, 3.63) is 65.7 Å². The van der Waals surface area contributed by atoms with E-state index < -0.39 is 14.4 Å². The largest absolute Gasteiger partial charge is 0.497 e. The maximum Gasteiger partial charge on any atom is 0.194 e. The quantitative estimate of drug-likeness (QED) is 0.583. The Hall–Kier alpha value is -1.91. The molecule has 0 saturated heterocycles. The van der Waals surface area contributed by atoms with E-state index in [2.05, 4.69) is 19.6 Å². The molecule has 2 rings (SSSR count). The minimum atomic E-state index is -1.87. The van der Waals surface area contributed by atoms with E-state index in [-0.39, 0.29) is 5.78 Å². The number of hydrogen-bond donors (Lipinski definition) is 0. The number of carbonyl (C=O) groups is 1. The second kappa shape index (κ2) is 6.90. The van der Waals surface area contributed by atoms with Crippen molar-refractivity contribution in [3.8, 4) is 5.75 Å². The highest BCUT2D eigenvalue weighted by Gasteiger charge is 2.28. The van der Waals surface area contributed by atoms with Gasteiger partial charge in [0.15, 0.2) is 14.1 Å². The molecule has 0 N–H and O–H groups in total. The zero-order valence-electron chi connectivity index (χ0n) is 13.5. The van der Waals surface area contributed by atoms with E-state index in [9.17, 15) is 4.79 Å². The smallest absolute Gasteiger partial charge is 0.194 e. The monoisotopic (exact) mass is 314 g/mol. The van der Waals surface area contributed by atoms with Crippen LogP contribution in [0.25, 0.3) is 0 Å². The summed E-state index contributed by atoms with van der Waals surface area (Å²) in [6.07, 6.45) is -0.569. The summed E-state index contributed by atoms with van der Waals surface area (Å²) in [5.74, 6) is 0.760. The van der Waals surface area contributed by atoms with Gasteiger partial charge >= 0.3 is 0 Å². The number of rotatable bonds is 6. The van der Waals surface area contributed by atoms with Crippen LogP contribution in [0.4, 0.5) is 0 Å². The van der Waals surface area contributed by atoms with Crippen LogP contribution in [0.1, 0.15) is 22.0 Å². The lowest BCUT2D eigenvalue weighted by atomic mass is 10.00. The molecule has 1 atom stereocenters. The Bertz CT molecular complexity index is 615. The summed E-state index contributed by atoms with van der Waals surface area (Å²) in [6.45, 7) is 6.26. The summed E-state index contributed by atoms with van der Waals surface area (Å²) < 4.78 is 11.3. The van der Waals surface area contributed by atoms with E-state index in [4.69, 9.17) is 9.16 Å². The van der Waals surface area contributed by atoms with Gasteiger partial charge in [-0.05, 0) is 37.3 Å². The predicted octanol–water partition coefficient (Wildman–Crippen LogP) is 4.47. The third-order valence-corrected chi connectivity index (χ3v) is 4.13. The lowest BCUT2D eigenvalue weighted by Crippen LogP contribution is -2.31. The van der Waals surface area contributed by atoms with Crippen molar-refractivity contribution in [2.75, 3.05) is 7.11 Å². The number of ether oxygens (including phenoxy) is 1. The van der Waals surface area contributed by atoms with Gasteiger partial charge in [0.05, 0.1) is 7.11 Å². The fourth-order valence-corrected chi connectivity index (χ4v) is 3.11. The summed E-state index contributed by atoms with van der Waals surface area (Å²) in [7, 11) is -0.248. The minimum absolute atomic E-state index is 0.00630. The van der Waals surface area contributed by atoms with Crippen LogP contribution >= 0.6 is 0 Å². The van der Waals surface area contributed by atoms with Gasteiger partial charge in [-0.1, -0.05) is 42.5 Å². The molecule has 1 unspecified atom stereocenters. The number of carbonyl (C=O) groups excluding carboxylic acids is 1. The van der Waals surface area contributed by atoms with Gasteiger partial charge in [-0.2, -0.15) is 0 Å². The molecule has 0 aliphatic rings. The molecule has 22 heavy (non-hydrogen) atoms. The summed E-state index contributed by atoms with van der Waals surface area (Å²) >= 11 is 0. The fraction of sp³-hybridized carbons (Fsp3) is 0.278. The first-order valence-corrected chi connectivity index (χ1v) is 10.7. The molecule has 0 radical (unpaired) electrons. The van der Waals surface area contributed by atoms with Crippen LogP contribution in [0.15, 0.2) is 54.6 Å². The Labute approximate surface area is 133 Å². The maximum absolute atomic E-state index is 12.8. The number of Topliss-reactive ketones (excluding diaryl/α,β-unsaturated/α-hetero) is 1. The molecule has 2 aromatic carbocycles. The second-order valence-corrected chi connectivity index (χ2v) is 10.6. The van der Waals surface area contributed by atoms with Crippen molar-refractivity contribution in [1.29, 1.82) is 0 Å². The molecule has 0 saturated carbocycles. The van der Waals surface area contributed by atoms with Gasteiger partial charge in [-0.3, -0.25) is 4.79 Å². The van der Waals surface area contributed by atoms with Gasteiger partial charge in [-0.15, -0.1) is 0 Å². The lowest BCUT2D eigenvalue weighted by Gasteiger charge is -2.26. The van der Waals surface area contributed by atoms with Gasteiger partial charge in [0.25, 0.3) is 0 Å². The van der Waals surface area contributed by atoms with E-state index in [1.165, 1.54) is 0 Å². The van der Waals surface area contributed by atoms with E-state index in [0.29, 0.717) is 5.56 Å². The van der Waals surface area contributed by atoms with E-state index in [0.717, 1.165) is 11.3 Å². The van der Waals surface area contributed by atoms with Gasteiger partial charge < -0.3 is 9.16 Å². The van der Waals surface area contributed by atoms with Crippen LogP contribution in [0.2, 0.25) is 19.6 Å². The van der Waals surface area contributed by atoms with Crippen LogP contribution in [0, 0.1) is 0 Å². The van der Waals surface area contributed by atoms with Crippen molar-refractivity contribution >= 4 is 14.1 Å². The molecule has 2 aromatic rings. The average molecular weight is 314 g/mol. The van der Waals surface area contributed by atoms with E-state index >= 15 is 0 Å². The Morgan fingerprint density at radius 2 is 1.55 bits per heavy atom. The lowest BCUT2D eigenvalue weighted by molar-refractivity contribution is 0.0779. The summed E-state index contributed by atoms with van der Waals surface area (Å²) in [4.78, 5) is 12.8. The highest BCUT2D eigenvalue weighted by atomic mass is 28.4. The molecule has 116 valence electrons. The number of methoxy groups -OCH3 is 1. The summed E-state index contributed by atoms with van der Waals surface area (Å²) in [5.41, 5.74) is 1.53. The Balaban J connectivity index is 2.35. The van der Waals surface area contributed by atoms with Gasteiger partial charge in [0, 0.05) is 5.56 Å². The van der Waals surface area contributed by atoms with Crippen molar-refractivity contribution in [2.24, 2.45) is 0 Å². The molecule has 0 heterocycles. The molecule has 0 amide bonds. The second-order valence-electron chi connectivity index (χ2n) is 6.11. The van der Waals surface area contributed by atoms with Crippen LogP contribution in [0.3, 0.4) is 0 Å². The standard InChI is InChI=1S/C18H22O3Si/c1-20-16-12-10-15(11-13-16)18(21-22(2,3)4)17(19)14-8-6-5-7-9-14/h5-13,18H,1-4H3. The normalized spacial score (nSPS) is 12.7. The highest BCUT2D eigenvalue weighted by molar-refractivity contribution is 6.69. The molecule has 4 heteroatoms.